The lowest BCUT2D eigenvalue weighted by atomic mass is 9.97. The van der Waals surface area contributed by atoms with E-state index in [0.29, 0.717) is 11.6 Å². The van der Waals surface area contributed by atoms with Gasteiger partial charge in [-0.15, -0.1) is 11.3 Å². The SMILES string of the molecule is CC(C)C(CC(=O)c1nc(CO[Si](C)(C)C(C)(C)C)cs1)N(C)C(=O)OC(C)(C)C. The summed E-state index contributed by atoms with van der Waals surface area (Å²) in [5.41, 5.74) is 0.209. The fourth-order valence-corrected chi connectivity index (χ4v) is 4.23. The smallest absolute Gasteiger partial charge is 0.410 e. The molecule has 0 fully saturated rings. The van der Waals surface area contributed by atoms with Gasteiger partial charge in [-0.05, 0) is 44.8 Å². The first kappa shape index (κ1) is 26.8. The molecular weight excluding hydrogens is 416 g/mol. The van der Waals surface area contributed by atoms with E-state index < -0.39 is 20.0 Å². The van der Waals surface area contributed by atoms with Crippen LogP contribution in [0.3, 0.4) is 0 Å². The number of amides is 1. The monoisotopic (exact) mass is 456 g/mol. The van der Waals surface area contributed by atoms with Crippen molar-refractivity contribution in [1.82, 2.24) is 9.88 Å². The molecule has 0 aliphatic heterocycles. The van der Waals surface area contributed by atoms with Crippen LogP contribution in [0, 0.1) is 5.92 Å². The lowest BCUT2D eigenvalue weighted by Gasteiger charge is -2.35. The highest BCUT2D eigenvalue weighted by atomic mass is 32.1. The summed E-state index contributed by atoms with van der Waals surface area (Å²) in [6.45, 7) is 20.9. The molecule has 1 atom stereocenters. The number of thiazole rings is 1. The zero-order chi connectivity index (χ0) is 23.5. The molecule has 0 saturated carbocycles. The van der Waals surface area contributed by atoms with Crippen LogP contribution in [-0.2, 0) is 15.8 Å². The van der Waals surface area contributed by atoms with E-state index in [9.17, 15) is 9.59 Å². The molecule has 1 heterocycles. The number of carbonyl (C=O) groups is 2. The minimum absolute atomic E-state index is 0.0623. The topological polar surface area (TPSA) is 68.7 Å². The second-order valence-corrected chi connectivity index (χ2v) is 16.4. The first-order chi connectivity index (χ1) is 13.4. The summed E-state index contributed by atoms with van der Waals surface area (Å²) >= 11 is 1.34. The van der Waals surface area contributed by atoms with Crippen LogP contribution >= 0.6 is 11.3 Å². The Morgan fingerprint density at radius 1 is 1.17 bits per heavy atom. The summed E-state index contributed by atoms with van der Waals surface area (Å²) in [4.78, 5) is 31.4. The van der Waals surface area contributed by atoms with E-state index in [1.54, 1.807) is 7.05 Å². The van der Waals surface area contributed by atoms with Crippen LogP contribution in [0.1, 0.15) is 77.3 Å². The highest BCUT2D eigenvalue weighted by Gasteiger charge is 2.37. The molecule has 1 amide bonds. The van der Waals surface area contributed by atoms with Crippen LogP contribution in [0.4, 0.5) is 4.79 Å². The highest BCUT2D eigenvalue weighted by molar-refractivity contribution is 7.11. The molecule has 0 spiro atoms. The van der Waals surface area contributed by atoms with Crippen molar-refractivity contribution in [3.8, 4) is 0 Å². The molecule has 0 saturated heterocycles. The van der Waals surface area contributed by atoms with E-state index in [2.05, 4.69) is 38.8 Å². The quantitative estimate of drug-likeness (QED) is 0.348. The third-order valence-corrected chi connectivity index (χ3v) is 10.9. The minimum atomic E-state index is -1.87. The van der Waals surface area contributed by atoms with Gasteiger partial charge >= 0.3 is 6.09 Å². The number of hydrogen-bond acceptors (Lipinski definition) is 6. The van der Waals surface area contributed by atoms with Gasteiger partial charge in [-0.25, -0.2) is 9.78 Å². The summed E-state index contributed by atoms with van der Waals surface area (Å²) in [6.07, 6.45) is -0.208. The van der Waals surface area contributed by atoms with Gasteiger partial charge in [-0.2, -0.15) is 0 Å². The number of carbonyl (C=O) groups excluding carboxylic acids is 2. The van der Waals surface area contributed by atoms with E-state index in [0.717, 1.165) is 5.69 Å². The average molecular weight is 457 g/mol. The zero-order valence-electron chi connectivity index (χ0n) is 20.6. The number of aromatic nitrogens is 1. The first-order valence-electron chi connectivity index (χ1n) is 10.5. The molecule has 1 rings (SSSR count). The van der Waals surface area contributed by atoms with Crippen LogP contribution in [0.2, 0.25) is 18.1 Å². The Kier molecular flexibility index (Phi) is 8.85. The summed E-state index contributed by atoms with van der Waals surface area (Å²) in [7, 11) is -0.186. The van der Waals surface area contributed by atoms with E-state index in [1.165, 1.54) is 16.2 Å². The number of nitrogens with zero attached hydrogens (tertiary/aromatic N) is 2. The van der Waals surface area contributed by atoms with Crippen molar-refractivity contribution in [2.24, 2.45) is 5.92 Å². The van der Waals surface area contributed by atoms with Crippen molar-refractivity contribution in [3.63, 3.8) is 0 Å². The van der Waals surface area contributed by atoms with Gasteiger partial charge in [0.1, 0.15) is 5.60 Å². The molecule has 1 unspecified atom stereocenters. The van der Waals surface area contributed by atoms with Gasteiger partial charge in [-0.1, -0.05) is 34.6 Å². The Bertz CT molecular complexity index is 732. The van der Waals surface area contributed by atoms with Gasteiger partial charge in [0.15, 0.2) is 19.1 Å². The normalized spacial score (nSPS) is 14.0. The molecule has 1 aromatic heterocycles. The standard InChI is InChI=1S/C22H40N2O4SSi/c1-15(2)17(24(9)20(26)28-21(3,4)5)12-18(25)19-23-16(14-29-19)13-27-30(10,11)22(6,7)8/h14-15,17H,12-13H2,1-11H3. The fraction of sp³-hybridized carbons (Fsp3) is 0.773. The molecule has 8 heteroatoms. The molecule has 0 radical (unpaired) electrons. The van der Waals surface area contributed by atoms with Crippen molar-refractivity contribution in [1.29, 1.82) is 0 Å². The molecule has 0 aliphatic rings. The van der Waals surface area contributed by atoms with Crippen molar-refractivity contribution in [2.45, 2.75) is 98.2 Å². The Hall–Kier alpha value is -1.25. The summed E-state index contributed by atoms with van der Waals surface area (Å²) in [5, 5.41) is 2.48. The predicted octanol–water partition coefficient (Wildman–Crippen LogP) is 6.13. The fourth-order valence-electron chi connectivity index (χ4n) is 2.54. The molecule has 0 aliphatic carbocycles. The lowest BCUT2D eigenvalue weighted by Crippen LogP contribution is -2.44. The van der Waals surface area contributed by atoms with Crippen LogP contribution in [-0.4, -0.2) is 48.8 Å². The number of hydrogen-bond donors (Lipinski definition) is 0. The minimum Gasteiger partial charge on any atom is -0.444 e. The first-order valence-corrected chi connectivity index (χ1v) is 14.3. The molecule has 30 heavy (non-hydrogen) atoms. The summed E-state index contributed by atoms with van der Waals surface area (Å²) < 4.78 is 11.7. The van der Waals surface area contributed by atoms with Crippen LogP contribution in [0.15, 0.2) is 5.38 Å². The van der Waals surface area contributed by atoms with E-state index in [1.807, 2.05) is 40.0 Å². The van der Waals surface area contributed by atoms with Crippen molar-refractivity contribution in [3.05, 3.63) is 16.1 Å². The number of ether oxygens (including phenoxy) is 1. The molecule has 0 aromatic carbocycles. The molecule has 0 N–H and O–H groups in total. The zero-order valence-corrected chi connectivity index (χ0v) is 22.4. The Morgan fingerprint density at radius 3 is 2.20 bits per heavy atom. The van der Waals surface area contributed by atoms with Gasteiger partial charge in [-0.3, -0.25) is 4.79 Å². The maximum absolute atomic E-state index is 12.9. The van der Waals surface area contributed by atoms with Crippen molar-refractivity contribution in [2.75, 3.05) is 7.05 Å². The third kappa shape index (κ3) is 7.78. The van der Waals surface area contributed by atoms with Gasteiger partial charge in [0.25, 0.3) is 0 Å². The largest absolute Gasteiger partial charge is 0.444 e. The maximum atomic E-state index is 12.9. The van der Waals surface area contributed by atoms with Gasteiger partial charge < -0.3 is 14.1 Å². The Balaban J connectivity index is 2.82. The molecule has 6 nitrogen and oxygen atoms in total. The number of Topliss-reactive ketones (excluding diaryl/α,β-unsaturated/α-hetero) is 1. The second-order valence-electron chi connectivity index (χ2n) is 10.7. The summed E-state index contributed by atoms with van der Waals surface area (Å²) in [6, 6.07) is -0.261. The maximum Gasteiger partial charge on any atom is 0.410 e. The second kappa shape index (κ2) is 9.91. The van der Waals surface area contributed by atoms with Crippen LogP contribution in [0.5, 0.6) is 0 Å². The molecule has 0 bridgehead atoms. The van der Waals surface area contributed by atoms with Crippen molar-refractivity contribution < 1.29 is 18.8 Å². The highest BCUT2D eigenvalue weighted by Crippen LogP contribution is 2.37. The Labute approximate surface area is 187 Å². The van der Waals surface area contributed by atoms with E-state index in [4.69, 9.17) is 9.16 Å². The van der Waals surface area contributed by atoms with Crippen LogP contribution < -0.4 is 0 Å². The summed E-state index contributed by atoms with van der Waals surface area (Å²) in [5.74, 6) is 0.0421. The lowest BCUT2D eigenvalue weighted by molar-refractivity contribution is 0.0173. The van der Waals surface area contributed by atoms with Crippen LogP contribution in [0.25, 0.3) is 0 Å². The molecule has 1 aromatic rings. The van der Waals surface area contributed by atoms with Gasteiger partial charge in [0, 0.05) is 24.9 Å². The van der Waals surface area contributed by atoms with E-state index >= 15 is 0 Å². The molecule has 172 valence electrons. The van der Waals surface area contributed by atoms with Gasteiger partial charge in [0.2, 0.25) is 0 Å². The Morgan fingerprint density at radius 2 is 1.73 bits per heavy atom. The number of ketones is 1. The average Bonchev–Trinajstić information content (AvgIpc) is 3.03. The van der Waals surface area contributed by atoms with Crippen molar-refractivity contribution >= 4 is 31.5 Å². The van der Waals surface area contributed by atoms with E-state index in [-0.39, 0.29) is 29.2 Å². The number of rotatable bonds is 8. The molecular formula is C22H40N2O4SSi. The predicted molar refractivity (Wildman–Crippen MR) is 126 cm³/mol. The third-order valence-electron chi connectivity index (χ3n) is 5.52. The van der Waals surface area contributed by atoms with Gasteiger partial charge in [0.05, 0.1) is 12.3 Å².